The summed E-state index contributed by atoms with van der Waals surface area (Å²) in [5.74, 6) is 1.04. The van der Waals surface area contributed by atoms with Crippen molar-refractivity contribution in [2.45, 2.75) is 6.42 Å². The van der Waals surface area contributed by atoms with E-state index in [9.17, 15) is 4.79 Å². The van der Waals surface area contributed by atoms with Crippen molar-refractivity contribution in [3.8, 4) is 0 Å². The van der Waals surface area contributed by atoms with E-state index in [0.717, 1.165) is 17.9 Å². The van der Waals surface area contributed by atoms with E-state index in [-0.39, 0.29) is 5.91 Å². The Morgan fingerprint density at radius 3 is 3.05 bits per heavy atom. The van der Waals surface area contributed by atoms with Gasteiger partial charge in [0.15, 0.2) is 0 Å². The highest BCUT2D eigenvalue weighted by molar-refractivity contribution is 8.26. The molecule has 3 nitrogen and oxygen atoms in total. The third-order valence-corrected chi connectivity index (χ3v) is 4.65. The zero-order chi connectivity index (χ0) is 13.7. The van der Waals surface area contributed by atoms with Crippen LogP contribution in [0.2, 0.25) is 0 Å². The lowest BCUT2D eigenvalue weighted by Crippen LogP contribution is -2.29. The Bertz CT molecular complexity index is 502. The molecule has 19 heavy (non-hydrogen) atoms. The molecule has 0 saturated carbocycles. The van der Waals surface area contributed by atoms with E-state index in [1.54, 1.807) is 28.9 Å². The van der Waals surface area contributed by atoms with Crippen LogP contribution >= 0.6 is 35.7 Å². The zero-order valence-corrected chi connectivity index (χ0v) is 13.0. The van der Waals surface area contributed by atoms with Gasteiger partial charge < -0.3 is 0 Å². The SMILES string of the molecule is CSCCCN1C(=O)/C(=C/c2ccccn2)SC1=S. The topological polar surface area (TPSA) is 33.2 Å². The number of rotatable bonds is 5. The van der Waals surface area contributed by atoms with E-state index in [1.165, 1.54) is 11.8 Å². The quantitative estimate of drug-likeness (QED) is 0.474. The van der Waals surface area contributed by atoms with E-state index >= 15 is 0 Å². The average Bonchev–Trinajstić information content (AvgIpc) is 2.68. The largest absolute Gasteiger partial charge is 0.293 e. The van der Waals surface area contributed by atoms with Gasteiger partial charge in [0.1, 0.15) is 4.32 Å². The van der Waals surface area contributed by atoms with Crippen LogP contribution < -0.4 is 0 Å². The molecular formula is C13H14N2OS3. The summed E-state index contributed by atoms with van der Waals surface area (Å²) in [6.07, 6.45) is 6.54. The molecule has 0 radical (unpaired) electrons. The number of aromatic nitrogens is 1. The number of amides is 1. The van der Waals surface area contributed by atoms with E-state index in [4.69, 9.17) is 12.2 Å². The van der Waals surface area contributed by atoms with Crippen molar-refractivity contribution in [2.24, 2.45) is 0 Å². The van der Waals surface area contributed by atoms with Crippen molar-refractivity contribution in [2.75, 3.05) is 18.6 Å². The molecule has 2 heterocycles. The van der Waals surface area contributed by atoms with Crippen LogP contribution in [0.15, 0.2) is 29.3 Å². The van der Waals surface area contributed by atoms with Crippen LogP contribution in [-0.4, -0.2) is 38.7 Å². The molecule has 0 aliphatic carbocycles. The molecule has 2 rings (SSSR count). The van der Waals surface area contributed by atoms with Gasteiger partial charge in [0, 0.05) is 12.7 Å². The number of carbonyl (C=O) groups is 1. The fourth-order valence-corrected chi connectivity index (χ4v) is 3.37. The van der Waals surface area contributed by atoms with Crippen LogP contribution in [0.25, 0.3) is 6.08 Å². The summed E-state index contributed by atoms with van der Waals surface area (Å²) in [5, 5.41) is 0. The summed E-state index contributed by atoms with van der Waals surface area (Å²) in [4.78, 5) is 18.8. The Balaban J connectivity index is 2.07. The van der Waals surface area contributed by atoms with E-state index in [2.05, 4.69) is 11.2 Å². The van der Waals surface area contributed by atoms with Crippen molar-refractivity contribution in [3.05, 3.63) is 35.0 Å². The summed E-state index contributed by atoms with van der Waals surface area (Å²) in [5.41, 5.74) is 0.784. The molecule has 0 aromatic carbocycles. The Kier molecular flexibility index (Phi) is 5.42. The lowest BCUT2D eigenvalue weighted by Gasteiger charge is -2.13. The normalized spacial score (nSPS) is 17.5. The number of thiocarbonyl (C=S) groups is 1. The van der Waals surface area contributed by atoms with Gasteiger partial charge in [-0.2, -0.15) is 11.8 Å². The van der Waals surface area contributed by atoms with Gasteiger partial charge in [-0.05, 0) is 36.6 Å². The molecular weight excluding hydrogens is 296 g/mol. The number of pyridine rings is 1. The Hall–Kier alpha value is -0.850. The lowest BCUT2D eigenvalue weighted by molar-refractivity contribution is -0.122. The van der Waals surface area contributed by atoms with Gasteiger partial charge in [-0.1, -0.05) is 30.0 Å². The van der Waals surface area contributed by atoms with Gasteiger partial charge in [0.2, 0.25) is 0 Å². The second kappa shape index (κ2) is 7.07. The van der Waals surface area contributed by atoms with Gasteiger partial charge in [-0.25, -0.2) is 0 Å². The molecule has 0 spiro atoms. The van der Waals surface area contributed by atoms with Gasteiger partial charge >= 0.3 is 0 Å². The number of hydrogen-bond donors (Lipinski definition) is 0. The van der Waals surface area contributed by atoms with E-state index < -0.39 is 0 Å². The van der Waals surface area contributed by atoms with Crippen molar-refractivity contribution < 1.29 is 4.79 Å². The summed E-state index contributed by atoms with van der Waals surface area (Å²) in [6.45, 7) is 0.699. The maximum Gasteiger partial charge on any atom is 0.266 e. The molecule has 1 saturated heterocycles. The van der Waals surface area contributed by atoms with E-state index in [0.29, 0.717) is 15.8 Å². The molecule has 1 aromatic heterocycles. The second-order valence-corrected chi connectivity index (χ2v) is 6.60. The molecule has 1 aliphatic heterocycles. The van der Waals surface area contributed by atoms with Crippen LogP contribution in [0.5, 0.6) is 0 Å². The molecule has 1 aliphatic rings. The molecule has 100 valence electrons. The Morgan fingerprint density at radius 2 is 2.37 bits per heavy atom. The first kappa shape index (κ1) is 14.6. The minimum Gasteiger partial charge on any atom is -0.293 e. The van der Waals surface area contributed by atoms with Crippen LogP contribution in [0.1, 0.15) is 12.1 Å². The first-order chi connectivity index (χ1) is 9.22. The van der Waals surface area contributed by atoms with Crippen molar-refractivity contribution in [1.82, 2.24) is 9.88 Å². The highest BCUT2D eigenvalue weighted by Gasteiger charge is 2.31. The fourth-order valence-electron chi connectivity index (χ4n) is 1.66. The monoisotopic (exact) mass is 310 g/mol. The molecule has 6 heteroatoms. The average molecular weight is 310 g/mol. The number of carbonyl (C=O) groups excluding carboxylic acids is 1. The van der Waals surface area contributed by atoms with E-state index in [1.807, 2.05) is 18.2 Å². The second-order valence-electron chi connectivity index (χ2n) is 3.93. The highest BCUT2D eigenvalue weighted by Crippen LogP contribution is 2.32. The molecule has 0 unspecified atom stereocenters. The van der Waals surface area contributed by atoms with Gasteiger partial charge in [-0.15, -0.1) is 0 Å². The van der Waals surface area contributed by atoms with Crippen molar-refractivity contribution in [1.29, 1.82) is 0 Å². The summed E-state index contributed by atoms with van der Waals surface area (Å²) >= 11 is 8.40. The van der Waals surface area contributed by atoms with Gasteiger partial charge in [0.05, 0.1) is 10.6 Å². The molecule has 1 aromatic rings. The van der Waals surface area contributed by atoms with Crippen molar-refractivity contribution >= 4 is 52.0 Å². The predicted molar refractivity (Wildman–Crippen MR) is 87.1 cm³/mol. The minimum absolute atomic E-state index is 0.00163. The molecule has 0 atom stereocenters. The van der Waals surface area contributed by atoms with Crippen LogP contribution in [-0.2, 0) is 4.79 Å². The number of nitrogens with zero attached hydrogens (tertiary/aromatic N) is 2. The van der Waals surface area contributed by atoms with Crippen molar-refractivity contribution in [3.63, 3.8) is 0 Å². The maximum atomic E-state index is 12.2. The van der Waals surface area contributed by atoms with Crippen LogP contribution in [0, 0.1) is 0 Å². The lowest BCUT2D eigenvalue weighted by atomic mass is 10.3. The smallest absolute Gasteiger partial charge is 0.266 e. The standard InChI is InChI=1S/C13H14N2OS3/c1-18-8-4-7-15-12(16)11(19-13(15)17)9-10-5-2-3-6-14-10/h2-3,5-6,9H,4,7-8H2,1H3/b11-9-. The third kappa shape index (κ3) is 3.81. The minimum atomic E-state index is 0.00163. The predicted octanol–water partition coefficient (Wildman–Crippen LogP) is 3.04. The first-order valence-electron chi connectivity index (χ1n) is 5.87. The van der Waals surface area contributed by atoms with Crippen LogP contribution in [0.3, 0.4) is 0 Å². The molecule has 1 fully saturated rings. The van der Waals surface area contributed by atoms with Gasteiger partial charge in [-0.3, -0.25) is 14.7 Å². The maximum absolute atomic E-state index is 12.2. The third-order valence-electron chi connectivity index (χ3n) is 2.57. The Labute approximate surface area is 126 Å². The molecule has 1 amide bonds. The summed E-state index contributed by atoms with van der Waals surface area (Å²) < 4.78 is 0.647. The summed E-state index contributed by atoms with van der Waals surface area (Å²) in [7, 11) is 0. The zero-order valence-electron chi connectivity index (χ0n) is 10.5. The van der Waals surface area contributed by atoms with Gasteiger partial charge in [0.25, 0.3) is 5.91 Å². The Morgan fingerprint density at radius 1 is 1.53 bits per heavy atom. The molecule has 0 N–H and O–H groups in total. The van der Waals surface area contributed by atoms with Crippen LogP contribution in [0.4, 0.5) is 0 Å². The molecule has 0 bridgehead atoms. The number of hydrogen-bond acceptors (Lipinski definition) is 5. The highest BCUT2D eigenvalue weighted by atomic mass is 32.2. The summed E-state index contributed by atoms with van der Waals surface area (Å²) in [6, 6.07) is 5.63. The number of thioether (sulfide) groups is 2. The first-order valence-corrected chi connectivity index (χ1v) is 8.49. The fraction of sp³-hybridized carbons (Fsp3) is 0.308.